The first-order chi connectivity index (χ1) is 22.6. The fraction of sp³-hybridized carbons (Fsp3) is 0.0667. The molecule has 8 aromatic carbocycles. The van der Waals surface area contributed by atoms with E-state index in [4.69, 9.17) is 4.42 Å². The summed E-state index contributed by atoms with van der Waals surface area (Å²) in [6.07, 6.45) is 0. The number of rotatable bonds is 2. The van der Waals surface area contributed by atoms with E-state index in [2.05, 4.69) is 159 Å². The van der Waals surface area contributed by atoms with Gasteiger partial charge in [-0.2, -0.15) is 0 Å². The summed E-state index contributed by atoms with van der Waals surface area (Å²) in [5.41, 5.74) is 12.1. The molecule has 0 radical (unpaired) electrons. The predicted molar refractivity (Wildman–Crippen MR) is 195 cm³/mol. The van der Waals surface area contributed by atoms with Gasteiger partial charge in [0.2, 0.25) is 0 Å². The summed E-state index contributed by atoms with van der Waals surface area (Å²) in [6.45, 7) is 4.72. The van der Waals surface area contributed by atoms with Crippen molar-refractivity contribution >= 4 is 54.3 Å². The first-order valence-corrected chi connectivity index (χ1v) is 16.1. The first-order valence-electron chi connectivity index (χ1n) is 16.1. The van der Waals surface area contributed by atoms with Gasteiger partial charge in [-0.15, -0.1) is 0 Å². The summed E-state index contributed by atoms with van der Waals surface area (Å²) in [4.78, 5) is 0. The maximum atomic E-state index is 6.55. The molecule has 0 aliphatic heterocycles. The third-order valence-electron chi connectivity index (χ3n) is 10.4. The molecule has 0 spiro atoms. The molecule has 0 fully saturated rings. The van der Waals surface area contributed by atoms with Crippen LogP contribution in [0.25, 0.3) is 87.6 Å². The van der Waals surface area contributed by atoms with E-state index in [-0.39, 0.29) is 5.41 Å². The smallest absolute Gasteiger partial charge is 0.136 e. The largest absolute Gasteiger partial charge is 0.456 e. The van der Waals surface area contributed by atoms with Gasteiger partial charge in [0.05, 0.1) is 0 Å². The van der Waals surface area contributed by atoms with Crippen LogP contribution in [0.1, 0.15) is 25.0 Å². The van der Waals surface area contributed by atoms with E-state index in [1.54, 1.807) is 0 Å². The van der Waals surface area contributed by atoms with Crippen LogP contribution in [0.15, 0.2) is 150 Å². The Kier molecular flexibility index (Phi) is 5.12. The molecular formula is C45H30O. The second kappa shape index (κ2) is 9.19. The lowest BCUT2D eigenvalue weighted by atomic mass is 9.81. The van der Waals surface area contributed by atoms with Crippen LogP contribution in [-0.4, -0.2) is 0 Å². The van der Waals surface area contributed by atoms with Gasteiger partial charge in [-0.05, 0) is 107 Å². The van der Waals surface area contributed by atoms with Gasteiger partial charge in [0.25, 0.3) is 0 Å². The topological polar surface area (TPSA) is 13.1 Å². The Morgan fingerprint density at radius 2 is 0.913 bits per heavy atom. The molecular weight excluding hydrogens is 556 g/mol. The standard InChI is InChI=1S/C45H30O/c1-45(2)39-21-20-30(44-33-18-10-8-16-31(33)43(27-12-4-3-5-13-27)32-17-9-11-19-34(32)44)23-35(39)36-26-42-38(25-40(36)45)37-22-28-14-6-7-15-29(28)24-41(37)46-42/h3-26H,1-2H3. The van der Waals surface area contributed by atoms with Gasteiger partial charge >= 0.3 is 0 Å². The molecule has 216 valence electrons. The highest BCUT2D eigenvalue weighted by atomic mass is 16.3. The third-order valence-corrected chi connectivity index (χ3v) is 10.4. The van der Waals surface area contributed by atoms with Gasteiger partial charge in [0, 0.05) is 16.2 Å². The lowest BCUT2D eigenvalue weighted by Gasteiger charge is -2.22. The first kappa shape index (κ1) is 25.6. The van der Waals surface area contributed by atoms with Crippen molar-refractivity contribution in [3.63, 3.8) is 0 Å². The molecule has 0 saturated heterocycles. The van der Waals surface area contributed by atoms with Crippen LogP contribution in [0, 0.1) is 0 Å². The summed E-state index contributed by atoms with van der Waals surface area (Å²) in [5.74, 6) is 0. The zero-order valence-corrected chi connectivity index (χ0v) is 25.8. The average molecular weight is 587 g/mol. The van der Waals surface area contributed by atoms with Gasteiger partial charge in [-0.1, -0.05) is 129 Å². The fourth-order valence-corrected chi connectivity index (χ4v) is 8.22. The molecule has 0 N–H and O–H groups in total. The molecule has 1 aliphatic carbocycles. The molecule has 1 heterocycles. The molecule has 0 bridgehead atoms. The number of fused-ring (bicyclic) bond motifs is 9. The number of hydrogen-bond donors (Lipinski definition) is 0. The Balaban J connectivity index is 1.24. The molecule has 0 atom stereocenters. The minimum atomic E-state index is -0.126. The monoisotopic (exact) mass is 586 g/mol. The minimum Gasteiger partial charge on any atom is -0.456 e. The van der Waals surface area contributed by atoms with Crippen molar-refractivity contribution in [3.05, 3.63) is 157 Å². The van der Waals surface area contributed by atoms with Crippen molar-refractivity contribution < 1.29 is 4.42 Å². The maximum Gasteiger partial charge on any atom is 0.136 e. The second-order valence-electron chi connectivity index (χ2n) is 13.3. The van der Waals surface area contributed by atoms with Gasteiger partial charge in [-0.25, -0.2) is 0 Å². The minimum absolute atomic E-state index is 0.126. The highest BCUT2D eigenvalue weighted by Gasteiger charge is 2.36. The molecule has 0 saturated carbocycles. The number of hydrogen-bond acceptors (Lipinski definition) is 1. The normalized spacial score (nSPS) is 13.6. The predicted octanol–water partition coefficient (Wildman–Crippen LogP) is 12.7. The summed E-state index contributed by atoms with van der Waals surface area (Å²) in [6, 6.07) is 53.4. The summed E-state index contributed by atoms with van der Waals surface area (Å²) in [5, 5.41) is 9.92. The van der Waals surface area contributed by atoms with Crippen LogP contribution in [0.3, 0.4) is 0 Å². The van der Waals surface area contributed by atoms with E-state index in [1.165, 1.54) is 87.6 Å². The van der Waals surface area contributed by atoms with E-state index in [1.807, 2.05) is 0 Å². The van der Waals surface area contributed by atoms with Crippen LogP contribution in [0.5, 0.6) is 0 Å². The summed E-state index contributed by atoms with van der Waals surface area (Å²) >= 11 is 0. The van der Waals surface area contributed by atoms with Gasteiger partial charge in [0.1, 0.15) is 11.2 Å². The Morgan fingerprint density at radius 1 is 0.391 bits per heavy atom. The highest BCUT2D eigenvalue weighted by Crippen LogP contribution is 2.53. The molecule has 9 aromatic rings. The molecule has 0 unspecified atom stereocenters. The van der Waals surface area contributed by atoms with E-state index in [0.29, 0.717) is 0 Å². The second-order valence-corrected chi connectivity index (χ2v) is 13.3. The van der Waals surface area contributed by atoms with E-state index in [0.717, 1.165) is 11.2 Å². The van der Waals surface area contributed by atoms with Crippen LogP contribution < -0.4 is 0 Å². The van der Waals surface area contributed by atoms with Gasteiger partial charge in [0.15, 0.2) is 0 Å². The SMILES string of the molecule is CC1(C)c2ccc(-c3c4ccccc4c(-c4ccccc4)c4ccccc34)cc2-c2cc3oc4cc5ccccc5cc4c3cc21. The Bertz CT molecular complexity index is 2650. The third kappa shape index (κ3) is 3.46. The molecule has 1 aliphatic rings. The van der Waals surface area contributed by atoms with Crippen LogP contribution in [0.4, 0.5) is 0 Å². The molecule has 0 amide bonds. The zero-order chi connectivity index (χ0) is 30.6. The van der Waals surface area contributed by atoms with Crippen molar-refractivity contribution in [1.82, 2.24) is 0 Å². The maximum absolute atomic E-state index is 6.55. The van der Waals surface area contributed by atoms with Crippen molar-refractivity contribution in [2.75, 3.05) is 0 Å². The highest BCUT2D eigenvalue weighted by molar-refractivity contribution is 6.21. The van der Waals surface area contributed by atoms with Crippen LogP contribution in [-0.2, 0) is 5.41 Å². The molecule has 46 heavy (non-hydrogen) atoms. The number of benzene rings is 8. The lowest BCUT2D eigenvalue weighted by molar-refractivity contribution is 0.658. The quantitative estimate of drug-likeness (QED) is 0.184. The summed E-state index contributed by atoms with van der Waals surface area (Å²) < 4.78 is 6.55. The van der Waals surface area contributed by atoms with E-state index < -0.39 is 0 Å². The van der Waals surface area contributed by atoms with Crippen molar-refractivity contribution in [2.45, 2.75) is 19.3 Å². The van der Waals surface area contributed by atoms with Crippen molar-refractivity contribution in [1.29, 1.82) is 0 Å². The number of furan rings is 1. The molecule has 1 nitrogen and oxygen atoms in total. The van der Waals surface area contributed by atoms with E-state index >= 15 is 0 Å². The Hall–Kier alpha value is -5.66. The van der Waals surface area contributed by atoms with Gasteiger partial charge in [-0.3, -0.25) is 0 Å². The van der Waals surface area contributed by atoms with Crippen molar-refractivity contribution in [3.8, 4) is 33.4 Å². The molecule has 1 heteroatoms. The van der Waals surface area contributed by atoms with Gasteiger partial charge < -0.3 is 4.42 Å². The van der Waals surface area contributed by atoms with Crippen LogP contribution >= 0.6 is 0 Å². The average Bonchev–Trinajstić information content (AvgIpc) is 3.55. The Labute approximate surface area is 267 Å². The van der Waals surface area contributed by atoms with Crippen LogP contribution in [0.2, 0.25) is 0 Å². The molecule has 1 aromatic heterocycles. The van der Waals surface area contributed by atoms with E-state index in [9.17, 15) is 0 Å². The Morgan fingerprint density at radius 3 is 1.59 bits per heavy atom. The lowest BCUT2D eigenvalue weighted by Crippen LogP contribution is -2.14. The summed E-state index contributed by atoms with van der Waals surface area (Å²) in [7, 11) is 0. The molecule has 10 rings (SSSR count). The van der Waals surface area contributed by atoms with Crippen molar-refractivity contribution in [2.24, 2.45) is 0 Å². The fourth-order valence-electron chi connectivity index (χ4n) is 8.22. The zero-order valence-electron chi connectivity index (χ0n) is 25.8.